The molecule has 0 unspecified atom stereocenters. The lowest BCUT2D eigenvalue weighted by Crippen LogP contribution is -2.35. The lowest BCUT2D eigenvalue weighted by atomic mass is 10.2. The van der Waals surface area contributed by atoms with Crippen LogP contribution < -0.4 is 21.7 Å². The molecule has 0 aliphatic rings. The van der Waals surface area contributed by atoms with Crippen LogP contribution in [0.15, 0.2) is 27.8 Å². The maximum atomic E-state index is 12.1. The number of ether oxygens (including phenoxy) is 2. The van der Waals surface area contributed by atoms with Crippen LogP contribution in [-0.2, 0) is 11.8 Å². The second-order valence-electron chi connectivity index (χ2n) is 4.96. The predicted molar refractivity (Wildman–Crippen MR) is 86.0 cm³/mol. The fourth-order valence-corrected chi connectivity index (χ4v) is 1.99. The number of phenols is 1. The zero-order valence-corrected chi connectivity index (χ0v) is 13.4. The minimum absolute atomic E-state index is 0.213. The molecule has 0 saturated heterocycles. The number of anilines is 1. The first kappa shape index (κ1) is 17.8. The van der Waals surface area contributed by atoms with Crippen LogP contribution in [0.5, 0.6) is 11.5 Å². The van der Waals surface area contributed by atoms with Gasteiger partial charge in [0.1, 0.15) is 28.4 Å². The summed E-state index contributed by atoms with van der Waals surface area (Å²) < 4.78 is 10.6. The number of benzene rings is 1. The Kier molecular flexibility index (Phi) is 4.92. The molecule has 0 spiro atoms. The van der Waals surface area contributed by atoms with E-state index < -0.39 is 35.2 Å². The molecule has 0 amide bonds. The summed E-state index contributed by atoms with van der Waals surface area (Å²) in [6, 6.07) is 3.89. The van der Waals surface area contributed by atoms with Crippen molar-refractivity contribution >= 4 is 17.6 Å². The van der Waals surface area contributed by atoms with E-state index in [2.05, 4.69) is 0 Å². The van der Waals surface area contributed by atoms with Crippen molar-refractivity contribution in [2.24, 2.45) is 7.05 Å². The summed E-state index contributed by atoms with van der Waals surface area (Å²) in [6.45, 7) is -0.805. The average Bonchev–Trinajstić information content (AvgIpc) is 2.58. The highest BCUT2D eigenvalue weighted by molar-refractivity contribution is 6.02. The second-order valence-corrected chi connectivity index (χ2v) is 4.96. The van der Waals surface area contributed by atoms with Crippen LogP contribution in [0.2, 0.25) is 0 Å². The van der Waals surface area contributed by atoms with Crippen LogP contribution in [0, 0.1) is 0 Å². The van der Waals surface area contributed by atoms with E-state index in [1.807, 2.05) is 4.98 Å². The first-order valence-corrected chi connectivity index (χ1v) is 6.92. The molecule has 10 heteroatoms. The number of carbonyl (C=O) groups is 2. The number of nitrogens with one attached hydrogen (secondary N) is 1. The Labute approximate surface area is 140 Å². The van der Waals surface area contributed by atoms with Gasteiger partial charge in [0.15, 0.2) is 6.61 Å². The summed E-state index contributed by atoms with van der Waals surface area (Å²) in [5, 5.41) is 9.68. The van der Waals surface area contributed by atoms with Gasteiger partial charge in [-0.2, -0.15) is 0 Å². The Morgan fingerprint density at radius 3 is 2.64 bits per heavy atom. The van der Waals surface area contributed by atoms with Gasteiger partial charge >= 0.3 is 11.7 Å². The van der Waals surface area contributed by atoms with E-state index in [0.717, 1.165) is 4.57 Å². The van der Waals surface area contributed by atoms with Crippen molar-refractivity contribution in [2.75, 3.05) is 19.5 Å². The number of rotatable bonds is 5. The van der Waals surface area contributed by atoms with Gasteiger partial charge in [0.2, 0.25) is 5.78 Å². The third-order valence-corrected chi connectivity index (χ3v) is 3.41. The predicted octanol–water partition coefficient (Wildman–Crippen LogP) is -0.590. The first-order chi connectivity index (χ1) is 11.8. The maximum absolute atomic E-state index is 12.1. The van der Waals surface area contributed by atoms with Crippen LogP contribution in [-0.4, -0.2) is 40.1 Å². The fourth-order valence-electron chi connectivity index (χ4n) is 1.99. The topological polar surface area (TPSA) is 154 Å². The number of carbonyl (C=O) groups excluding carboxylic acids is 2. The summed E-state index contributed by atoms with van der Waals surface area (Å²) in [6.07, 6.45) is 0. The van der Waals surface area contributed by atoms with Gasteiger partial charge in [-0.1, -0.05) is 0 Å². The van der Waals surface area contributed by atoms with E-state index in [0.29, 0.717) is 5.75 Å². The monoisotopic (exact) mass is 349 g/mol. The third-order valence-electron chi connectivity index (χ3n) is 3.41. The van der Waals surface area contributed by atoms with Crippen LogP contribution >= 0.6 is 0 Å². The Morgan fingerprint density at radius 2 is 2.00 bits per heavy atom. The number of esters is 1. The van der Waals surface area contributed by atoms with Crippen LogP contribution in [0.25, 0.3) is 0 Å². The van der Waals surface area contributed by atoms with E-state index in [9.17, 15) is 24.3 Å². The molecule has 1 aromatic heterocycles. The second kappa shape index (κ2) is 6.91. The van der Waals surface area contributed by atoms with E-state index >= 15 is 0 Å². The zero-order valence-electron chi connectivity index (χ0n) is 13.4. The number of hydrogen-bond acceptors (Lipinski definition) is 8. The van der Waals surface area contributed by atoms with Gasteiger partial charge in [0.25, 0.3) is 5.56 Å². The number of phenolic OH excluding ortho intramolecular Hbond substituents is 1. The molecule has 2 rings (SSSR count). The van der Waals surface area contributed by atoms with Crippen molar-refractivity contribution < 1.29 is 24.2 Å². The van der Waals surface area contributed by atoms with Crippen LogP contribution in [0.1, 0.15) is 20.7 Å². The van der Waals surface area contributed by atoms with Crippen molar-refractivity contribution in [2.45, 2.75) is 0 Å². The fraction of sp³-hybridized carbons (Fsp3) is 0.200. The largest absolute Gasteiger partial charge is 0.507 e. The molecule has 0 saturated carbocycles. The number of H-pyrrole nitrogens is 1. The quantitative estimate of drug-likeness (QED) is 0.478. The molecule has 0 radical (unpaired) electrons. The molecule has 2 aromatic rings. The molecule has 132 valence electrons. The Morgan fingerprint density at radius 1 is 1.32 bits per heavy atom. The molecule has 4 N–H and O–H groups in total. The first-order valence-electron chi connectivity index (χ1n) is 6.92. The van der Waals surface area contributed by atoms with Crippen LogP contribution in [0.3, 0.4) is 0 Å². The number of methoxy groups -OCH3 is 1. The summed E-state index contributed by atoms with van der Waals surface area (Å²) in [5.74, 6) is -2.30. The van der Waals surface area contributed by atoms with Crippen molar-refractivity contribution in [3.63, 3.8) is 0 Å². The SMILES string of the molecule is COc1ccc(O)c(C(=O)OCC(=O)c2c(N)n(C)c(=O)[nH]c2=O)c1. The lowest BCUT2D eigenvalue weighted by Gasteiger charge is -2.09. The number of hydrogen-bond donors (Lipinski definition) is 3. The molecule has 1 aromatic carbocycles. The lowest BCUT2D eigenvalue weighted by molar-refractivity contribution is 0.0471. The van der Waals surface area contributed by atoms with E-state index in [-0.39, 0.29) is 17.1 Å². The number of aromatic amines is 1. The minimum atomic E-state index is -0.996. The standard InChI is InChI=1S/C15H15N3O7/c1-18-12(16)11(13(21)17-15(18)23)10(20)6-25-14(22)8-5-7(24-2)3-4-9(8)19/h3-5,19H,6,16H2,1-2H3,(H,17,21,23). The third kappa shape index (κ3) is 3.52. The molecular weight excluding hydrogens is 334 g/mol. The molecule has 0 aliphatic carbocycles. The summed E-state index contributed by atoms with van der Waals surface area (Å²) >= 11 is 0. The zero-order chi connectivity index (χ0) is 18.7. The minimum Gasteiger partial charge on any atom is -0.507 e. The normalized spacial score (nSPS) is 10.3. The highest BCUT2D eigenvalue weighted by Crippen LogP contribution is 2.23. The molecule has 1 heterocycles. The van der Waals surface area contributed by atoms with Gasteiger partial charge in [0.05, 0.1) is 7.11 Å². The molecule has 0 bridgehead atoms. The molecule has 25 heavy (non-hydrogen) atoms. The van der Waals surface area contributed by atoms with Gasteiger partial charge in [-0.15, -0.1) is 0 Å². The Balaban J connectivity index is 2.21. The summed E-state index contributed by atoms with van der Waals surface area (Å²) in [5.41, 5.74) is 3.12. The molecular formula is C15H15N3O7. The molecule has 0 fully saturated rings. The number of nitrogen functional groups attached to an aromatic ring is 1. The number of Topliss-reactive ketones (excluding diaryl/α,β-unsaturated/α-hetero) is 1. The number of aromatic nitrogens is 2. The average molecular weight is 349 g/mol. The van der Waals surface area contributed by atoms with Gasteiger partial charge in [-0.05, 0) is 18.2 Å². The summed E-state index contributed by atoms with van der Waals surface area (Å²) in [4.78, 5) is 49.2. The van der Waals surface area contributed by atoms with Gasteiger partial charge in [-0.25, -0.2) is 9.59 Å². The number of nitrogens with zero attached hydrogens (tertiary/aromatic N) is 1. The van der Waals surface area contributed by atoms with Crippen molar-refractivity contribution in [3.8, 4) is 11.5 Å². The van der Waals surface area contributed by atoms with Crippen molar-refractivity contribution in [1.29, 1.82) is 0 Å². The van der Waals surface area contributed by atoms with E-state index in [1.54, 1.807) is 0 Å². The molecule has 10 nitrogen and oxygen atoms in total. The Hall–Kier alpha value is -3.56. The number of aromatic hydroxyl groups is 1. The van der Waals surface area contributed by atoms with Crippen molar-refractivity contribution in [1.82, 2.24) is 9.55 Å². The van der Waals surface area contributed by atoms with Crippen LogP contribution in [0.4, 0.5) is 5.82 Å². The molecule has 0 aliphatic heterocycles. The van der Waals surface area contributed by atoms with Gasteiger partial charge in [0, 0.05) is 7.05 Å². The number of nitrogens with two attached hydrogens (primary N) is 1. The molecule has 0 atom stereocenters. The van der Waals surface area contributed by atoms with Crippen molar-refractivity contribution in [3.05, 3.63) is 50.2 Å². The highest BCUT2D eigenvalue weighted by atomic mass is 16.5. The van der Waals surface area contributed by atoms with Gasteiger partial charge in [-0.3, -0.25) is 19.1 Å². The van der Waals surface area contributed by atoms with Gasteiger partial charge < -0.3 is 20.3 Å². The van der Waals surface area contributed by atoms with E-state index in [1.165, 1.54) is 32.4 Å². The number of ketones is 1. The summed E-state index contributed by atoms with van der Waals surface area (Å²) in [7, 11) is 2.64. The maximum Gasteiger partial charge on any atom is 0.342 e. The van der Waals surface area contributed by atoms with E-state index in [4.69, 9.17) is 15.2 Å². The highest BCUT2D eigenvalue weighted by Gasteiger charge is 2.21. The Bertz CT molecular complexity index is 959. The smallest absolute Gasteiger partial charge is 0.342 e.